The standard InChI is InChI=1S/C14H16N2OS/c15-12-6-3-11(4-7-12)5-8-14(17)16-10-13-2-1-9-18-13/h1-4,6-7,9H,5,8,10,15H2,(H,16,17). The third kappa shape index (κ3) is 3.89. The lowest BCUT2D eigenvalue weighted by Gasteiger charge is -2.04. The van der Waals surface area contributed by atoms with Crippen LogP contribution in [0.25, 0.3) is 0 Å². The fourth-order valence-corrected chi connectivity index (χ4v) is 2.27. The number of carbonyl (C=O) groups excluding carboxylic acids is 1. The van der Waals surface area contributed by atoms with Crippen LogP contribution in [0, 0.1) is 0 Å². The third-order valence-corrected chi connectivity index (χ3v) is 3.54. The maximum absolute atomic E-state index is 11.6. The molecule has 0 saturated carbocycles. The average Bonchev–Trinajstić information content (AvgIpc) is 2.89. The van der Waals surface area contributed by atoms with Crippen LogP contribution in [-0.4, -0.2) is 5.91 Å². The van der Waals surface area contributed by atoms with E-state index in [9.17, 15) is 4.79 Å². The molecule has 0 radical (unpaired) electrons. The number of carbonyl (C=O) groups is 1. The Morgan fingerprint density at radius 2 is 2.00 bits per heavy atom. The number of benzene rings is 1. The van der Waals surface area contributed by atoms with Crippen LogP contribution in [0.15, 0.2) is 41.8 Å². The van der Waals surface area contributed by atoms with Gasteiger partial charge < -0.3 is 11.1 Å². The van der Waals surface area contributed by atoms with Gasteiger partial charge in [0, 0.05) is 17.0 Å². The van der Waals surface area contributed by atoms with E-state index in [4.69, 9.17) is 5.73 Å². The average molecular weight is 260 g/mol. The van der Waals surface area contributed by atoms with E-state index in [0.29, 0.717) is 13.0 Å². The molecule has 0 aliphatic carbocycles. The van der Waals surface area contributed by atoms with Crippen molar-refractivity contribution in [3.8, 4) is 0 Å². The highest BCUT2D eigenvalue weighted by atomic mass is 32.1. The van der Waals surface area contributed by atoms with Gasteiger partial charge in [-0.05, 0) is 35.6 Å². The van der Waals surface area contributed by atoms with Crippen molar-refractivity contribution in [2.24, 2.45) is 0 Å². The summed E-state index contributed by atoms with van der Waals surface area (Å²) in [7, 11) is 0. The van der Waals surface area contributed by atoms with Crippen LogP contribution in [0.1, 0.15) is 16.9 Å². The van der Waals surface area contributed by atoms with Crippen molar-refractivity contribution in [1.29, 1.82) is 0 Å². The number of hydrogen-bond acceptors (Lipinski definition) is 3. The van der Waals surface area contributed by atoms with Gasteiger partial charge in [-0.2, -0.15) is 0 Å². The minimum Gasteiger partial charge on any atom is -0.399 e. The summed E-state index contributed by atoms with van der Waals surface area (Å²) < 4.78 is 0. The highest BCUT2D eigenvalue weighted by molar-refractivity contribution is 7.09. The van der Waals surface area contributed by atoms with Crippen molar-refractivity contribution in [3.05, 3.63) is 52.2 Å². The molecule has 3 nitrogen and oxygen atoms in total. The Morgan fingerprint density at radius 3 is 2.67 bits per heavy atom. The third-order valence-electron chi connectivity index (χ3n) is 2.66. The number of aryl methyl sites for hydroxylation is 1. The molecule has 0 aliphatic rings. The number of amides is 1. The van der Waals surface area contributed by atoms with E-state index < -0.39 is 0 Å². The van der Waals surface area contributed by atoms with Gasteiger partial charge in [-0.25, -0.2) is 0 Å². The highest BCUT2D eigenvalue weighted by Crippen LogP contribution is 2.09. The van der Waals surface area contributed by atoms with Crippen molar-refractivity contribution in [2.75, 3.05) is 5.73 Å². The first-order valence-electron chi connectivity index (χ1n) is 5.87. The zero-order valence-electron chi connectivity index (χ0n) is 10.1. The predicted octanol–water partition coefficient (Wildman–Crippen LogP) is 2.58. The van der Waals surface area contributed by atoms with Gasteiger partial charge in [-0.1, -0.05) is 18.2 Å². The highest BCUT2D eigenvalue weighted by Gasteiger charge is 2.02. The first kappa shape index (κ1) is 12.6. The van der Waals surface area contributed by atoms with Gasteiger partial charge in [0.05, 0.1) is 6.54 Å². The van der Waals surface area contributed by atoms with Crippen LogP contribution < -0.4 is 11.1 Å². The second-order valence-corrected chi connectivity index (χ2v) is 5.13. The minimum atomic E-state index is 0.0835. The minimum absolute atomic E-state index is 0.0835. The first-order valence-corrected chi connectivity index (χ1v) is 6.75. The van der Waals surface area contributed by atoms with E-state index in [1.54, 1.807) is 11.3 Å². The molecule has 94 valence electrons. The molecule has 1 amide bonds. The summed E-state index contributed by atoms with van der Waals surface area (Å²) in [4.78, 5) is 12.8. The summed E-state index contributed by atoms with van der Waals surface area (Å²) in [5, 5.41) is 4.92. The van der Waals surface area contributed by atoms with E-state index in [2.05, 4.69) is 5.32 Å². The smallest absolute Gasteiger partial charge is 0.220 e. The Kier molecular flexibility index (Phi) is 4.36. The van der Waals surface area contributed by atoms with Crippen LogP contribution in [0.4, 0.5) is 5.69 Å². The topological polar surface area (TPSA) is 55.1 Å². The fraction of sp³-hybridized carbons (Fsp3) is 0.214. The second kappa shape index (κ2) is 6.21. The number of anilines is 1. The summed E-state index contributed by atoms with van der Waals surface area (Å²) in [5.41, 5.74) is 7.49. The molecule has 0 unspecified atom stereocenters. The molecular formula is C14H16N2OS. The van der Waals surface area contributed by atoms with E-state index in [1.165, 1.54) is 4.88 Å². The van der Waals surface area contributed by atoms with E-state index in [0.717, 1.165) is 17.7 Å². The van der Waals surface area contributed by atoms with Gasteiger partial charge in [-0.3, -0.25) is 4.79 Å². The maximum atomic E-state index is 11.6. The normalized spacial score (nSPS) is 10.2. The van der Waals surface area contributed by atoms with Crippen LogP contribution in [0.5, 0.6) is 0 Å². The monoisotopic (exact) mass is 260 g/mol. The molecule has 0 fully saturated rings. The van der Waals surface area contributed by atoms with Crippen LogP contribution >= 0.6 is 11.3 Å². The molecule has 2 aromatic rings. The molecule has 1 heterocycles. The van der Waals surface area contributed by atoms with Crippen molar-refractivity contribution in [2.45, 2.75) is 19.4 Å². The van der Waals surface area contributed by atoms with Crippen LogP contribution in [0.2, 0.25) is 0 Å². The van der Waals surface area contributed by atoms with E-state index >= 15 is 0 Å². The Labute approximate surface area is 111 Å². The lowest BCUT2D eigenvalue weighted by atomic mass is 10.1. The summed E-state index contributed by atoms with van der Waals surface area (Å²) in [6.07, 6.45) is 1.26. The fourth-order valence-electron chi connectivity index (χ4n) is 1.63. The lowest BCUT2D eigenvalue weighted by Crippen LogP contribution is -2.22. The van der Waals surface area contributed by atoms with Gasteiger partial charge in [-0.15, -0.1) is 11.3 Å². The molecule has 4 heteroatoms. The lowest BCUT2D eigenvalue weighted by molar-refractivity contribution is -0.121. The molecule has 0 bridgehead atoms. The maximum Gasteiger partial charge on any atom is 0.220 e. The van der Waals surface area contributed by atoms with Gasteiger partial charge in [0.1, 0.15) is 0 Å². The molecule has 0 spiro atoms. The number of thiophene rings is 1. The molecule has 0 aliphatic heterocycles. The molecule has 1 aromatic carbocycles. The molecule has 1 aromatic heterocycles. The summed E-state index contributed by atoms with van der Waals surface area (Å²) in [5.74, 6) is 0.0835. The Morgan fingerprint density at radius 1 is 1.22 bits per heavy atom. The van der Waals surface area contributed by atoms with E-state index in [-0.39, 0.29) is 5.91 Å². The molecule has 0 saturated heterocycles. The molecule has 0 atom stereocenters. The Balaban J connectivity index is 1.73. The van der Waals surface area contributed by atoms with Gasteiger partial charge in [0.15, 0.2) is 0 Å². The summed E-state index contributed by atoms with van der Waals surface area (Å²) >= 11 is 1.65. The summed E-state index contributed by atoms with van der Waals surface area (Å²) in [6, 6.07) is 11.6. The van der Waals surface area contributed by atoms with Gasteiger partial charge in [0.25, 0.3) is 0 Å². The molecule has 3 N–H and O–H groups in total. The molecular weight excluding hydrogens is 244 g/mol. The summed E-state index contributed by atoms with van der Waals surface area (Å²) in [6.45, 7) is 0.623. The van der Waals surface area contributed by atoms with Crippen molar-refractivity contribution in [3.63, 3.8) is 0 Å². The number of nitrogens with one attached hydrogen (secondary N) is 1. The van der Waals surface area contributed by atoms with Crippen molar-refractivity contribution in [1.82, 2.24) is 5.32 Å². The van der Waals surface area contributed by atoms with Gasteiger partial charge in [0.2, 0.25) is 5.91 Å². The Hall–Kier alpha value is -1.81. The first-order chi connectivity index (χ1) is 8.74. The van der Waals surface area contributed by atoms with Gasteiger partial charge >= 0.3 is 0 Å². The largest absolute Gasteiger partial charge is 0.399 e. The zero-order chi connectivity index (χ0) is 12.8. The predicted molar refractivity (Wildman–Crippen MR) is 75.3 cm³/mol. The Bertz CT molecular complexity index is 491. The van der Waals surface area contributed by atoms with E-state index in [1.807, 2.05) is 41.8 Å². The number of hydrogen-bond donors (Lipinski definition) is 2. The van der Waals surface area contributed by atoms with Crippen LogP contribution in [-0.2, 0) is 17.8 Å². The molecule has 18 heavy (non-hydrogen) atoms. The van der Waals surface area contributed by atoms with Crippen molar-refractivity contribution >= 4 is 22.9 Å². The number of rotatable bonds is 5. The van der Waals surface area contributed by atoms with Crippen molar-refractivity contribution < 1.29 is 4.79 Å². The zero-order valence-corrected chi connectivity index (χ0v) is 10.9. The van der Waals surface area contributed by atoms with Crippen LogP contribution in [0.3, 0.4) is 0 Å². The quantitative estimate of drug-likeness (QED) is 0.812. The molecule has 2 rings (SSSR count). The SMILES string of the molecule is Nc1ccc(CCC(=O)NCc2cccs2)cc1. The number of nitrogens with two attached hydrogens (primary N) is 1. The second-order valence-electron chi connectivity index (χ2n) is 4.10. The number of nitrogen functional groups attached to an aromatic ring is 1.